The van der Waals surface area contributed by atoms with E-state index in [9.17, 15) is 23.6 Å². The van der Waals surface area contributed by atoms with Crippen molar-refractivity contribution in [3.63, 3.8) is 0 Å². The number of rotatable bonds is 2. The highest BCUT2D eigenvalue weighted by Crippen LogP contribution is 2.37. The second-order valence-corrected chi connectivity index (χ2v) is 8.21. The number of amides is 4. The van der Waals surface area contributed by atoms with Crippen molar-refractivity contribution in [3.8, 4) is 0 Å². The van der Waals surface area contributed by atoms with Gasteiger partial charge < -0.3 is 4.90 Å². The first-order chi connectivity index (χ1) is 14.8. The van der Waals surface area contributed by atoms with Crippen molar-refractivity contribution < 1.29 is 23.6 Å². The highest BCUT2D eigenvalue weighted by Gasteiger charge is 2.40. The molecule has 3 aliphatic heterocycles. The molecule has 7 nitrogen and oxygen atoms in total. The van der Waals surface area contributed by atoms with Gasteiger partial charge in [-0.3, -0.25) is 19.2 Å². The third-order valence-corrected chi connectivity index (χ3v) is 6.15. The Kier molecular flexibility index (Phi) is 4.39. The Morgan fingerprint density at radius 1 is 1.03 bits per heavy atom. The molecule has 0 unspecified atom stereocenters. The fraction of sp³-hybridized carbons (Fsp3) is 0.304. The number of nitrogens with zero attached hydrogens (tertiary/aromatic N) is 3. The van der Waals surface area contributed by atoms with Crippen LogP contribution in [0.15, 0.2) is 36.4 Å². The van der Waals surface area contributed by atoms with Gasteiger partial charge in [-0.1, -0.05) is 13.0 Å². The number of hydrogen-bond donors (Lipinski definition) is 0. The molecule has 0 aromatic heterocycles. The van der Waals surface area contributed by atoms with E-state index in [-0.39, 0.29) is 31.2 Å². The van der Waals surface area contributed by atoms with Crippen LogP contribution in [0.5, 0.6) is 0 Å². The van der Waals surface area contributed by atoms with Crippen molar-refractivity contribution in [2.24, 2.45) is 0 Å². The lowest BCUT2D eigenvalue weighted by Gasteiger charge is -2.32. The fourth-order valence-electron chi connectivity index (χ4n) is 4.60. The molecule has 1 saturated heterocycles. The average Bonchev–Trinajstić information content (AvgIpc) is 3.24. The molecule has 0 radical (unpaired) electrons. The number of piperidine rings is 1. The highest BCUT2D eigenvalue weighted by molar-refractivity contribution is 6.09. The topological polar surface area (TPSA) is 78.0 Å². The maximum absolute atomic E-state index is 13.8. The number of carbonyl (C=O) groups is 4. The number of halogens is 1. The van der Waals surface area contributed by atoms with Gasteiger partial charge in [-0.15, -0.1) is 0 Å². The Morgan fingerprint density at radius 3 is 2.52 bits per heavy atom. The molecule has 8 heteroatoms. The second-order valence-electron chi connectivity index (χ2n) is 8.21. The zero-order chi connectivity index (χ0) is 21.9. The minimum Gasteiger partial charge on any atom is -0.307 e. The number of fused-ring (bicyclic) bond motifs is 2. The summed E-state index contributed by atoms with van der Waals surface area (Å²) in [6.45, 7) is 2.47. The van der Waals surface area contributed by atoms with Crippen molar-refractivity contribution >= 4 is 29.3 Å². The zero-order valence-electron chi connectivity index (χ0n) is 16.9. The minimum atomic E-state index is -0.431. The summed E-state index contributed by atoms with van der Waals surface area (Å²) in [6, 6.07) is 9.19. The third-order valence-electron chi connectivity index (χ3n) is 6.15. The Hall–Kier alpha value is -3.55. The van der Waals surface area contributed by atoms with Crippen molar-refractivity contribution in [3.05, 3.63) is 64.5 Å². The van der Waals surface area contributed by atoms with Gasteiger partial charge in [0, 0.05) is 36.4 Å². The van der Waals surface area contributed by atoms with Crippen LogP contribution in [0.1, 0.15) is 63.9 Å². The first kappa shape index (κ1) is 19.4. The lowest BCUT2D eigenvalue weighted by molar-refractivity contribution is -0.163. The molecule has 3 aliphatic rings. The summed E-state index contributed by atoms with van der Waals surface area (Å²) in [5.41, 5.74) is 2.78. The number of hydrogen-bond acceptors (Lipinski definition) is 4. The highest BCUT2D eigenvalue weighted by atomic mass is 19.1. The molecule has 4 amide bonds. The summed E-state index contributed by atoms with van der Waals surface area (Å²) >= 11 is 0. The van der Waals surface area contributed by atoms with Crippen LogP contribution in [0.25, 0.3) is 0 Å². The monoisotopic (exact) mass is 421 g/mol. The first-order valence-corrected chi connectivity index (χ1v) is 10.3. The average molecular weight is 421 g/mol. The summed E-state index contributed by atoms with van der Waals surface area (Å²) in [5, 5.41) is 2.10. The van der Waals surface area contributed by atoms with E-state index in [1.165, 1.54) is 12.1 Å². The van der Waals surface area contributed by atoms with Gasteiger partial charge in [0.1, 0.15) is 5.82 Å². The zero-order valence-corrected chi connectivity index (χ0v) is 16.9. The van der Waals surface area contributed by atoms with Crippen LogP contribution in [-0.2, 0) is 16.1 Å². The molecular formula is C23H20FN3O4. The van der Waals surface area contributed by atoms with Crippen molar-refractivity contribution in [2.45, 2.75) is 38.6 Å². The van der Waals surface area contributed by atoms with Gasteiger partial charge in [0.15, 0.2) is 0 Å². The molecule has 2 aromatic rings. The molecule has 158 valence electrons. The molecule has 0 N–H and O–H groups in total. The Balaban J connectivity index is 1.44. The van der Waals surface area contributed by atoms with E-state index in [1.54, 1.807) is 29.2 Å². The van der Waals surface area contributed by atoms with E-state index in [0.29, 0.717) is 35.3 Å². The van der Waals surface area contributed by atoms with Crippen LogP contribution in [-0.4, -0.2) is 40.2 Å². The lowest BCUT2D eigenvalue weighted by Crippen LogP contribution is -2.51. The van der Waals surface area contributed by atoms with E-state index in [4.69, 9.17) is 0 Å². The van der Waals surface area contributed by atoms with Gasteiger partial charge in [0.25, 0.3) is 11.8 Å². The molecule has 2 aromatic carbocycles. The van der Waals surface area contributed by atoms with Crippen LogP contribution >= 0.6 is 0 Å². The molecule has 5 rings (SSSR count). The molecule has 1 fully saturated rings. The molecule has 0 spiro atoms. The number of imide groups is 1. The van der Waals surface area contributed by atoms with Gasteiger partial charge in [-0.25, -0.2) is 9.40 Å². The van der Waals surface area contributed by atoms with Crippen LogP contribution in [0.4, 0.5) is 10.1 Å². The van der Waals surface area contributed by atoms with E-state index >= 15 is 0 Å². The largest absolute Gasteiger partial charge is 0.307 e. The molecule has 0 aliphatic carbocycles. The summed E-state index contributed by atoms with van der Waals surface area (Å²) in [6.07, 6.45) is 0.926. The minimum absolute atomic E-state index is 0.0500. The number of hydrazine groups is 1. The van der Waals surface area contributed by atoms with Crippen molar-refractivity contribution in [1.29, 1.82) is 0 Å². The molecule has 1 atom stereocenters. The maximum Gasteiger partial charge on any atom is 0.273 e. The van der Waals surface area contributed by atoms with Crippen molar-refractivity contribution in [1.82, 2.24) is 10.0 Å². The molecule has 31 heavy (non-hydrogen) atoms. The molecule has 0 bridgehead atoms. The van der Waals surface area contributed by atoms with Crippen LogP contribution < -0.4 is 4.90 Å². The maximum atomic E-state index is 13.8. The van der Waals surface area contributed by atoms with Crippen LogP contribution in [0, 0.1) is 5.82 Å². The fourth-order valence-corrected chi connectivity index (χ4v) is 4.60. The predicted octanol–water partition coefficient (Wildman–Crippen LogP) is 3.00. The Morgan fingerprint density at radius 2 is 1.77 bits per heavy atom. The number of benzene rings is 2. The van der Waals surface area contributed by atoms with Crippen LogP contribution in [0.2, 0.25) is 0 Å². The summed E-state index contributed by atoms with van der Waals surface area (Å²) in [4.78, 5) is 52.1. The SMILES string of the molecule is C[C@H]1CN(C(=O)c2ccc3c(c2)CN(N2C(=O)CCCC2=O)C3=O)c2cc(F)ccc21. The molecule has 0 saturated carbocycles. The van der Waals surface area contributed by atoms with Gasteiger partial charge in [0.05, 0.1) is 12.2 Å². The molecule has 3 heterocycles. The van der Waals surface area contributed by atoms with Gasteiger partial charge >= 0.3 is 0 Å². The van der Waals surface area contributed by atoms with Gasteiger partial charge in [-0.05, 0) is 47.9 Å². The Bertz CT molecular complexity index is 1150. The van der Waals surface area contributed by atoms with E-state index in [0.717, 1.165) is 15.6 Å². The lowest BCUT2D eigenvalue weighted by atomic mass is 10.0. The van der Waals surface area contributed by atoms with E-state index in [1.807, 2.05) is 6.92 Å². The number of carbonyl (C=O) groups excluding carboxylic acids is 4. The Labute approximate surface area is 178 Å². The van der Waals surface area contributed by atoms with Gasteiger partial charge in [0.2, 0.25) is 11.8 Å². The normalized spacial score (nSPS) is 20.4. The predicted molar refractivity (Wildman–Crippen MR) is 109 cm³/mol. The third kappa shape index (κ3) is 3.01. The second kappa shape index (κ2) is 7.01. The summed E-state index contributed by atoms with van der Waals surface area (Å²) in [5.74, 6) is -1.81. The van der Waals surface area contributed by atoms with Crippen LogP contribution in [0.3, 0.4) is 0 Å². The molecular weight excluding hydrogens is 401 g/mol. The van der Waals surface area contributed by atoms with E-state index < -0.39 is 23.5 Å². The number of anilines is 1. The van der Waals surface area contributed by atoms with Crippen molar-refractivity contribution in [2.75, 3.05) is 11.4 Å². The standard InChI is InChI=1S/C23H20FN3O4/c1-13-11-25(19-10-16(24)6-8-17(13)19)22(30)14-5-7-18-15(9-14)12-26(23(18)31)27-20(28)3-2-4-21(27)29/h5-10,13H,2-4,11-12H2,1H3/t13-/m0/s1. The quantitative estimate of drug-likeness (QED) is 0.699. The van der Waals surface area contributed by atoms with Gasteiger partial charge in [-0.2, -0.15) is 5.01 Å². The summed E-state index contributed by atoms with van der Waals surface area (Å²) in [7, 11) is 0. The summed E-state index contributed by atoms with van der Waals surface area (Å²) < 4.78 is 13.8. The first-order valence-electron chi connectivity index (χ1n) is 10.3. The smallest absolute Gasteiger partial charge is 0.273 e. The van der Waals surface area contributed by atoms with E-state index in [2.05, 4.69) is 0 Å².